The van der Waals surface area contributed by atoms with E-state index >= 15 is 0 Å². The number of ether oxygens (including phenoxy) is 1. The van der Waals surface area contributed by atoms with Gasteiger partial charge < -0.3 is 4.74 Å². The molecule has 0 aliphatic rings. The number of allylic oxidation sites excluding steroid dienone is 2. The van der Waals surface area contributed by atoms with Crippen molar-refractivity contribution in [2.75, 3.05) is 6.61 Å². The molecule has 0 bridgehead atoms. The van der Waals surface area contributed by atoms with Gasteiger partial charge in [-0.05, 0) is 32.1 Å². The van der Waals surface area contributed by atoms with Gasteiger partial charge in [-0.2, -0.15) is 0 Å². The van der Waals surface area contributed by atoms with E-state index in [-0.39, 0.29) is 5.97 Å². The minimum atomic E-state index is -0.310. The summed E-state index contributed by atoms with van der Waals surface area (Å²) in [6.07, 6.45) is 22.6. The first-order valence-electron chi connectivity index (χ1n) is 9.25. The molecule has 0 saturated carbocycles. The largest absolute Gasteiger partial charge is 0.463 e. The van der Waals surface area contributed by atoms with Gasteiger partial charge in [0, 0.05) is 6.08 Å². The Balaban J connectivity index is 3.11. The highest BCUT2D eigenvalue weighted by molar-refractivity contribution is 5.81. The van der Waals surface area contributed by atoms with Gasteiger partial charge in [0.15, 0.2) is 0 Å². The van der Waals surface area contributed by atoms with E-state index in [1.165, 1.54) is 76.7 Å². The van der Waals surface area contributed by atoms with E-state index in [1.54, 1.807) is 0 Å². The topological polar surface area (TPSA) is 26.3 Å². The maximum absolute atomic E-state index is 10.8. The summed E-state index contributed by atoms with van der Waals surface area (Å²) in [7, 11) is 0. The SMILES string of the molecule is C=CC(=O)OCCCCCCC/C=C/CCCCCCCC. The zero-order chi connectivity index (χ0) is 16.3. The molecule has 0 spiro atoms. The average molecular weight is 309 g/mol. The third-order valence-corrected chi connectivity index (χ3v) is 3.82. The minimum Gasteiger partial charge on any atom is -0.463 e. The summed E-state index contributed by atoms with van der Waals surface area (Å²) in [5.41, 5.74) is 0. The standard InChI is InChI=1S/C20H36O2/c1-3-5-6-7-8-9-10-11-12-13-14-15-16-17-18-19-22-20(21)4-2/h4,11-12H,2-3,5-10,13-19H2,1H3/b12-11+. The van der Waals surface area contributed by atoms with Crippen LogP contribution in [0.2, 0.25) is 0 Å². The quantitative estimate of drug-likeness (QED) is 0.143. The van der Waals surface area contributed by atoms with Crippen LogP contribution in [-0.4, -0.2) is 12.6 Å². The highest BCUT2D eigenvalue weighted by Crippen LogP contribution is 2.09. The Morgan fingerprint density at radius 1 is 0.818 bits per heavy atom. The molecule has 0 fully saturated rings. The van der Waals surface area contributed by atoms with Crippen molar-refractivity contribution >= 4 is 5.97 Å². The highest BCUT2D eigenvalue weighted by atomic mass is 16.5. The maximum atomic E-state index is 10.8. The van der Waals surface area contributed by atoms with Gasteiger partial charge in [0.2, 0.25) is 0 Å². The van der Waals surface area contributed by atoms with Crippen molar-refractivity contribution in [2.24, 2.45) is 0 Å². The Hall–Kier alpha value is -1.05. The predicted molar refractivity (Wildman–Crippen MR) is 96.0 cm³/mol. The smallest absolute Gasteiger partial charge is 0.330 e. The number of hydrogen-bond acceptors (Lipinski definition) is 2. The first-order valence-corrected chi connectivity index (χ1v) is 9.25. The molecular formula is C20H36O2. The summed E-state index contributed by atoms with van der Waals surface area (Å²) >= 11 is 0. The highest BCUT2D eigenvalue weighted by Gasteiger charge is 1.95. The van der Waals surface area contributed by atoms with Crippen LogP contribution in [0.25, 0.3) is 0 Å². The molecule has 0 aliphatic carbocycles. The Morgan fingerprint density at radius 2 is 1.32 bits per heavy atom. The Kier molecular flexibility index (Phi) is 17.1. The lowest BCUT2D eigenvalue weighted by Gasteiger charge is -2.01. The zero-order valence-electron chi connectivity index (χ0n) is 14.7. The lowest BCUT2D eigenvalue weighted by molar-refractivity contribution is -0.137. The molecule has 2 nitrogen and oxygen atoms in total. The van der Waals surface area contributed by atoms with Crippen LogP contribution in [0.1, 0.15) is 90.4 Å². The van der Waals surface area contributed by atoms with Gasteiger partial charge in [-0.1, -0.05) is 77.0 Å². The third kappa shape index (κ3) is 17.0. The molecule has 0 atom stereocenters. The van der Waals surface area contributed by atoms with Crippen molar-refractivity contribution in [3.05, 3.63) is 24.8 Å². The molecule has 0 rings (SSSR count). The fourth-order valence-corrected chi connectivity index (χ4v) is 2.40. The second-order valence-corrected chi connectivity index (χ2v) is 5.96. The van der Waals surface area contributed by atoms with E-state index in [0.717, 1.165) is 12.8 Å². The van der Waals surface area contributed by atoms with Crippen LogP contribution < -0.4 is 0 Å². The Bertz CT molecular complexity index is 281. The zero-order valence-corrected chi connectivity index (χ0v) is 14.7. The van der Waals surface area contributed by atoms with E-state index in [0.29, 0.717) is 6.61 Å². The van der Waals surface area contributed by atoms with Crippen molar-refractivity contribution in [2.45, 2.75) is 90.4 Å². The summed E-state index contributed by atoms with van der Waals surface area (Å²) in [5, 5.41) is 0. The molecule has 0 aromatic heterocycles. The van der Waals surface area contributed by atoms with Gasteiger partial charge in [0.25, 0.3) is 0 Å². The number of esters is 1. The molecule has 0 radical (unpaired) electrons. The first kappa shape index (κ1) is 20.9. The maximum Gasteiger partial charge on any atom is 0.330 e. The predicted octanol–water partition coefficient (Wildman–Crippen LogP) is 6.36. The van der Waals surface area contributed by atoms with E-state index in [2.05, 4.69) is 25.7 Å². The van der Waals surface area contributed by atoms with Crippen molar-refractivity contribution < 1.29 is 9.53 Å². The van der Waals surface area contributed by atoms with Crippen molar-refractivity contribution in [1.29, 1.82) is 0 Å². The molecule has 0 aromatic carbocycles. The van der Waals surface area contributed by atoms with Crippen molar-refractivity contribution in [3.8, 4) is 0 Å². The summed E-state index contributed by atoms with van der Waals surface area (Å²) in [4.78, 5) is 10.8. The van der Waals surface area contributed by atoms with E-state index < -0.39 is 0 Å². The molecule has 0 unspecified atom stereocenters. The van der Waals surface area contributed by atoms with Gasteiger partial charge >= 0.3 is 5.97 Å². The van der Waals surface area contributed by atoms with Crippen LogP contribution in [0.5, 0.6) is 0 Å². The lowest BCUT2D eigenvalue weighted by Crippen LogP contribution is -2.01. The van der Waals surface area contributed by atoms with Crippen molar-refractivity contribution in [3.63, 3.8) is 0 Å². The first-order chi connectivity index (χ1) is 10.8. The number of carbonyl (C=O) groups is 1. The second kappa shape index (κ2) is 18.0. The van der Waals surface area contributed by atoms with Crippen LogP contribution in [0.15, 0.2) is 24.8 Å². The molecule has 0 aliphatic heterocycles. The lowest BCUT2D eigenvalue weighted by atomic mass is 10.1. The summed E-state index contributed by atoms with van der Waals surface area (Å²) in [6.45, 7) is 6.17. The average Bonchev–Trinajstić information content (AvgIpc) is 2.54. The van der Waals surface area contributed by atoms with Crippen LogP contribution in [0.3, 0.4) is 0 Å². The summed E-state index contributed by atoms with van der Waals surface area (Å²) < 4.78 is 4.94. The van der Waals surface area contributed by atoms with Gasteiger partial charge in [-0.15, -0.1) is 0 Å². The molecule has 128 valence electrons. The van der Waals surface area contributed by atoms with Crippen molar-refractivity contribution in [1.82, 2.24) is 0 Å². The van der Waals surface area contributed by atoms with Crippen LogP contribution in [0.4, 0.5) is 0 Å². The third-order valence-electron chi connectivity index (χ3n) is 3.82. The van der Waals surface area contributed by atoms with Gasteiger partial charge in [0.1, 0.15) is 0 Å². The minimum absolute atomic E-state index is 0.310. The molecule has 0 heterocycles. The fraction of sp³-hybridized carbons (Fsp3) is 0.750. The van der Waals surface area contributed by atoms with Gasteiger partial charge in [0.05, 0.1) is 6.61 Å². The van der Waals surface area contributed by atoms with Crippen LogP contribution >= 0.6 is 0 Å². The van der Waals surface area contributed by atoms with Gasteiger partial charge in [-0.25, -0.2) is 4.79 Å². The molecule has 0 N–H and O–H groups in total. The molecule has 0 amide bonds. The summed E-state index contributed by atoms with van der Waals surface area (Å²) in [5.74, 6) is -0.310. The number of unbranched alkanes of at least 4 members (excludes halogenated alkanes) is 11. The Labute approximate surface area is 138 Å². The second-order valence-electron chi connectivity index (χ2n) is 5.96. The normalized spacial score (nSPS) is 11.0. The van der Waals surface area contributed by atoms with E-state index in [4.69, 9.17) is 4.74 Å². The molecule has 0 saturated heterocycles. The molecular weight excluding hydrogens is 272 g/mol. The number of rotatable bonds is 16. The number of carbonyl (C=O) groups excluding carboxylic acids is 1. The molecule has 0 aromatic rings. The van der Waals surface area contributed by atoms with Gasteiger partial charge in [-0.3, -0.25) is 0 Å². The fourth-order valence-electron chi connectivity index (χ4n) is 2.40. The summed E-state index contributed by atoms with van der Waals surface area (Å²) in [6, 6.07) is 0. The van der Waals surface area contributed by atoms with E-state index in [9.17, 15) is 4.79 Å². The van der Waals surface area contributed by atoms with Crippen LogP contribution in [0, 0.1) is 0 Å². The number of hydrogen-bond donors (Lipinski definition) is 0. The van der Waals surface area contributed by atoms with E-state index in [1.807, 2.05) is 0 Å². The molecule has 2 heteroatoms. The van der Waals surface area contributed by atoms with Crippen LogP contribution in [-0.2, 0) is 9.53 Å². The Morgan fingerprint density at radius 3 is 1.86 bits per heavy atom. The molecule has 22 heavy (non-hydrogen) atoms. The monoisotopic (exact) mass is 308 g/mol.